The van der Waals surface area contributed by atoms with E-state index in [9.17, 15) is 0 Å². The lowest BCUT2D eigenvalue weighted by Gasteiger charge is -2.38. The summed E-state index contributed by atoms with van der Waals surface area (Å²) in [6.07, 6.45) is 4.39. The first-order valence-electron chi connectivity index (χ1n) is 7.75. The fourth-order valence-corrected chi connectivity index (χ4v) is 4.12. The standard InChI is InChI=1S/C18H24N2S/c1-12-11-19-17(21-12)13(2)20-16-9-10-18(3,4)15-8-6-5-7-14(15)16/h5-8,11,13,16,20H,9-10H2,1-4H3. The fraction of sp³-hybridized carbons (Fsp3) is 0.500. The van der Waals surface area contributed by atoms with Crippen LogP contribution in [0.4, 0.5) is 0 Å². The molecule has 0 aliphatic heterocycles. The zero-order valence-corrected chi connectivity index (χ0v) is 14.1. The van der Waals surface area contributed by atoms with Crippen molar-refractivity contribution < 1.29 is 0 Å². The normalized spacial score (nSPS) is 21.8. The van der Waals surface area contributed by atoms with Crippen molar-refractivity contribution in [3.63, 3.8) is 0 Å². The molecule has 3 heteroatoms. The minimum absolute atomic E-state index is 0.287. The van der Waals surface area contributed by atoms with Gasteiger partial charge < -0.3 is 5.32 Å². The Labute approximate surface area is 131 Å². The van der Waals surface area contributed by atoms with Crippen LogP contribution in [-0.4, -0.2) is 4.98 Å². The van der Waals surface area contributed by atoms with Crippen molar-refractivity contribution in [2.45, 2.75) is 58.0 Å². The van der Waals surface area contributed by atoms with Gasteiger partial charge in [-0.3, -0.25) is 0 Å². The highest BCUT2D eigenvalue weighted by atomic mass is 32.1. The maximum atomic E-state index is 4.52. The Balaban J connectivity index is 1.84. The third-order valence-electron chi connectivity index (χ3n) is 4.58. The van der Waals surface area contributed by atoms with Gasteiger partial charge in [0, 0.05) is 17.1 Å². The number of aromatic nitrogens is 1. The van der Waals surface area contributed by atoms with Gasteiger partial charge in [-0.15, -0.1) is 11.3 Å². The molecule has 1 heterocycles. The Morgan fingerprint density at radius 2 is 2.10 bits per heavy atom. The largest absolute Gasteiger partial charge is 0.301 e. The van der Waals surface area contributed by atoms with Crippen LogP contribution in [0.2, 0.25) is 0 Å². The third kappa shape index (κ3) is 2.90. The van der Waals surface area contributed by atoms with Crippen molar-refractivity contribution in [1.82, 2.24) is 10.3 Å². The predicted molar refractivity (Wildman–Crippen MR) is 89.8 cm³/mol. The van der Waals surface area contributed by atoms with Crippen molar-refractivity contribution in [2.75, 3.05) is 0 Å². The first-order chi connectivity index (χ1) is 9.97. The number of hydrogen-bond donors (Lipinski definition) is 1. The van der Waals surface area contributed by atoms with E-state index in [1.807, 2.05) is 6.20 Å². The molecule has 112 valence electrons. The number of hydrogen-bond acceptors (Lipinski definition) is 3. The van der Waals surface area contributed by atoms with Crippen LogP contribution in [0.15, 0.2) is 30.5 Å². The Morgan fingerprint density at radius 1 is 1.33 bits per heavy atom. The Hall–Kier alpha value is -1.19. The van der Waals surface area contributed by atoms with Crippen LogP contribution in [-0.2, 0) is 5.41 Å². The number of fused-ring (bicyclic) bond motifs is 1. The second-order valence-corrected chi connectivity index (χ2v) is 8.03. The summed E-state index contributed by atoms with van der Waals surface area (Å²) in [4.78, 5) is 5.80. The predicted octanol–water partition coefficient (Wildman–Crippen LogP) is 4.91. The molecule has 2 nitrogen and oxygen atoms in total. The summed E-state index contributed by atoms with van der Waals surface area (Å²) in [5.74, 6) is 0. The zero-order chi connectivity index (χ0) is 15.0. The van der Waals surface area contributed by atoms with Gasteiger partial charge in [0.1, 0.15) is 5.01 Å². The van der Waals surface area contributed by atoms with E-state index in [1.54, 1.807) is 11.3 Å². The van der Waals surface area contributed by atoms with E-state index in [4.69, 9.17) is 0 Å². The maximum absolute atomic E-state index is 4.52. The molecule has 3 rings (SSSR count). The minimum atomic E-state index is 0.287. The molecule has 1 aromatic carbocycles. The van der Waals surface area contributed by atoms with Gasteiger partial charge in [-0.2, -0.15) is 0 Å². The van der Waals surface area contributed by atoms with Crippen LogP contribution in [0.5, 0.6) is 0 Å². The van der Waals surface area contributed by atoms with Crippen LogP contribution < -0.4 is 5.32 Å². The topological polar surface area (TPSA) is 24.9 Å². The molecule has 0 spiro atoms. The van der Waals surface area contributed by atoms with Crippen LogP contribution in [0, 0.1) is 6.92 Å². The Bertz CT molecular complexity index is 630. The third-order valence-corrected chi connectivity index (χ3v) is 5.68. The number of benzene rings is 1. The van der Waals surface area contributed by atoms with E-state index in [1.165, 1.54) is 33.9 Å². The molecule has 1 aliphatic rings. The summed E-state index contributed by atoms with van der Waals surface area (Å²) in [5.41, 5.74) is 3.25. The number of nitrogens with zero attached hydrogens (tertiary/aromatic N) is 1. The molecule has 0 fully saturated rings. The van der Waals surface area contributed by atoms with Gasteiger partial charge in [0.2, 0.25) is 0 Å². The lowest BCUT2D eigenvalue weighted by atomic mass is 9.71. The maximum Gasteiger partial charge on any atom is 0.109 e. The molecular weight excluding hydrogens is 276 g/mol. The van der Waals surface area contributed by atoms with Crippen LogP contribution in [0.25, 0.3) is 0 Å². The number of nitrogens with one attached hydrogen (secondary N) is 1. The second-order valence-electron chi connectivity index (χ2n) is 6.76. The fourth-order valence-electron chi connectivity index (χ4n) is 3.33. The lowest BCUT2D eigenvalue weighted by Crippen LogP contribution is -2.33. The van der Waals surface area contributed by atoms with E-state index in [0.29, 0.717) is 12.1 Å². The second kappa shape index (κ2) is 5.54. The van der Waals surface area contributed by atoms with Crippen molar-refractivity contribution in [3.05, 3.63) is 51.5 Å². The van der Waals surface area contributed by atoms with Gasteiger partial charge in [0.05, 0.1) is 6.04 Å². The zero-order valence-electron chi connectivity index (χ0n) is 13.3. The van der Waals surface area contributed by atoms with Gasteiger partial charge in [0.25, 0.3) is 0 Å². The van der Waals surface area contributed by atoms with Crippen molar-refractivity contribution in [2.24, 2.45) is 0 Å². The molecule has 0 radical (unpaired) electrons. The highest BCUT2D eigenvalue weighted by Gasteiger charge is 2.32. The van der Waals surface area contributed by atoms with E-state index in [0.717, 1.165) is 0 Å². The van der Waals surface area contributed by atoms with E-state index >= 15 is 0 Å². The highest BCUT2D eigenvalue weighted by Crippen LogP contribution is 2.42. The molecule has 2 aromatic rings. The van der Waals surface area contributed by atoms with Gasteiger partial charge in [-0.05, 0) is 43.2 Å². The summed E-state index contributed by atoms with van der Waals surface area (Å²) < 4.78 is 0. The quantitative estimate of drug-likeness (QED) is 0.870. The van der Waals surface area contributed by atoms with E-state index in [2.05, 4.69) is 62.3 Å². The Morgan fingerprint density at radius 3 is 2.81 bits per heavy atom. The van der Waals surface area contributed by atoms with Crippen molar-refractivity contribution in [1.29, 1.82) is 0 Å². The average Bonchev–Trinajstić information content (AvgIpc) is 2.89. The summed E-state index contributed by atoms with van der Waals surface area (Å²) in [6.45, 7) is 9.05. The smallest absolute Gasteiger partial charge is 0.109 e. The van der Waals surface area contributed by atoms with Gasteiger partial charge in [-0.25, -0.2) is 4.98 Å². The van der Waals surface area contributed by atoms with Crippen molar-refractivity contribution >= 4 is 11.3 Å². The summed E-state index contributed by atoms with van der Waals surface area (Å²) in [6, 6.07) is 9.65. The van der Waals surface area contributed by atoms with Gasteiger partial charge in [-0.1, -0.05) is 38.1 Å². The van der Waals surface area contributed by atoms with Crippen LogP contribution in [0.3, 0.4) is 0 Å². The monoisotopic (exact) mass is 300 g/mol. The molecule has 2 atom stereocenters. The van der Waals surface area contributed by atoms with Crippen molar-refractivity contribution in [3.8, 4) is 0 Å². The Kier molecular flexibility index (Phi) is 3.89. The number of aryl methyl sites for hydroxylation is 1. The SMILES string of the molecule is Cc1cnc(C(C)NC2CCC(C)(C)c3ccccc32)s1. The van der Waals surface area contributed by atoms with E-state index < -0.39 is 0 Å². The molecule has 0 saturated heterocycles. The van der Waals surface area contributed by atoms with Crippen LogP contribution in [0.1, 0.15) is 66.7 Å². The minimum Gasteiger partial charge on any atom is -0.301 e. The molecular formula is C18H24N2S. The average molecular weight is 300 g/mol. The molecule has 0 bridgehead atoms. The first kappa shape index (κ1) is 14.7. The highest BCUT2D eigenvalue weighted by molar-refractivity contribution is 7.11. The molecule has 1 N–H and O–H groups in total. The molecule has 1 aromatic heterocycles. The molecule has 1 aliphatic carbocycles. The molecule has 2 unspecified atom stereocenters. The summed E-state index contributed by atoms with van der Waals surface area (Å²) in [7, 11) is 0. The van der Waals surface area contributed by atoms with Gasteiger partial charge >= 0.3 is 0 Å². The van der Waals surface area contributed by atoms with E-state index in [-0.39, 0.29) is 5.41 Å². The van der Waals surface area contributed by atoms with Gasteiger partial charge in [0.15, 0.2) is 0 Å². The molecule has 0 saturated carbocycles. The number of thiazole rings is 1. The lowest BCUT2D eigenvalue weighted by molar-refractivity contribution is 0.340. The molecule has 21 heavy (non-hydrogen) atoms. The van der Waals surface area contributed by atoms with Crippen LogP contribution >= 0.6 is 11.3 Å². The first-order valence-corrected chi connectivity index (χ1v) is 8.57. The molecule has 0 amide bonds. The summed E-state index contributed by atoms with van der Waals surface area (Å²) >= 11 is 1.79. The number of rotatable bonds is 3. The summed E-state index contributed by atoms with van der Waals surface area (Å²) in [5, 5.41) is 4.98.